The summed E-state index contributed by atoms with van der Waals surface area (Å²) in [7, 11) is -0.925. The second-order valence-corrected chi connectivity index (χ2v) is 7.81. The van der Waals surface area contributed by atoms with Crippen LogP contribution in [-0.4, -0.2) is 19.9 Å². The number of aryl methyl sites for hydroxylation is 2. The highest BCUT2D eigenvalue weighted by Gasteiger charge is 2.29. The molecule has 0 bridgehead atoms. The molecule has 0 fully saturated rings. The molecule has 1 aromatic carbocycles. The maximum atomic E-state index is 12.2. The topological polar surface area (TPSA) is 64.0 Å². The Bertz CT molecular complexity index is 808. The molecule has 5 nitrogen and oxygen atoms in total. The summed E-state index contributed by atoms with van der Waals surface area (Å²) >= 11 is 0. The lowest BCUT2D eigenvalue weighted by atomic mass is 10.1. The number of rotatable bonds is 3. The van der Waals surface area contributed by atoms with Crippen LogP contribution in [-0.2, 0) is 27.1 Å². The first-order valence-electron chi connectivity index (χ1n) is 7.71. The number of hydrogen-bond donors (Lipinski definition) is 1. The Balaban J connectivity index is 2.12. The number of anilines is 1. The minimum atomic E-state index is -0.925. The zero-order chi connectivity index (χ0) is 16.7. The Hall–Kier alpha value is -1.95. The summed E-state index contributed by atoms with van der Waals surface area (Å²) in [6.45, 7) is 7.78. The van der Waals surface area contributed by atoms with Crippen LogP contribution in [0, 0.1) is 19.8 Å². The van der Waals surface area contributed by atoms with E-state index in [1.807, 2.05) is 39.8 Å². The van der Waals surface area contributed by atoms with Crippen molar-refractivity contribution >= 4 is 22.5 Å². The molecule has 0 saturated carbocycles. The van der Waals surface area contributed by atoms with Gasteiger partial charge in [-0.1, -0.05) is 31.5 Å². The third-order valence-corrected chi connectivity index (χ3v) is 5.22. The fraction of sp³-hybridized carbons (Fsp3) is 0.412. The number of benzene rings is 1. The van der Waals surface area contributed by atoms with Gasteiger partial charge >= 0.3 is 0 Å². The van der Waals surface area contributed by atoms with Crippen LogP contribution in [0.15, 0.2) is 18.2 Å². The zero-order valence-corrected chi connectivity index (χ0v) is 14.7. The van der Waals surface area contributed by atoms with Gasteiger partial charge in [-0.3, -0.25) is 9.00 Å². The number of aromatic nitrogens is 2. The largest absolute Gasteiger partial charge is 0.310 e. The average molecular weight is 331 g/mol. The van der Waals surface area contributed by atoms with Crippen molar-refractivity contribution < 1.29 is 9.00 Å². The summed E-state index contributed by atoms with van der Waals surface area (Å²) in [6.07, 6.45) is 0. The first-order valence-corrected chi connectivity index (χ1v) is 9.20. The number of fused-ring (bicyclic) bond motifs is 1. The monoisotopic (exact) mass is 331 g/mol. The molecule has 1 aliphatic rings. The van der Waals surface area contributed by atoms with Gasteiger partial charge in [0.2, 0.25) is 5.91 Å². The fourth-order valence-corrected chi connectivity index (χ4v) is 4.00. The van der Waals surface area contributed by atoms with Gasteiger partial charge < -0.3 is 5.32 Å². The van der Waals surface area contributed by atoms with Crippen molar-refractivity contribution in [2.24, 2.45) is 5.92 Å². The quantitative estimate of drug-likeness (QED) is 0.940. The predicted octanol–water partition coefficient (Wildman–Crippen LogP) is 2.85. The van der Waals surface area contributed by atoms with Crippen molar-refractivity contribution in [1.29, 1.82) is 0 Å². The second-order valence-electron chi connectivity index (χ2n) is 6.35. The number of carbonyl (C=O) groups is 1. The van der Waals surface area contributed by atoms with Crippen LogP contribution in [0.25, 0.3) is 5.69 Å². The van der Waals surface area contributed by atoms with Crippen molar-refractivity contribution in [2.45, 2.75) is 39.2 Å². The smallest absolute Gasteiger partial charge is 0.228 e. The Labute approximate surface area is 138 Å². The average Bonchev–Trinajstić information content (AvgIpc) is 2.96. The van der Waals surface area contributed by atoms with Gasteiger partial charge in [-0.25, -0.2) is 4.68 Å². The van der Waals surface area contributed by atoms with Gasteiger partial charge in [0, 0.05) is 22.3 Å². The summed E-state index contributed by atoms with van der Waals surface area (Å²) in [5, 5.41) is 7.60. The van der Waals surface area contributed by atoms with Crippen molar-refractivity contribution in [3.8, 4) is 5.69 Å². The van der Waals surface area contributed by atoms with Crippen LogP contribution >= 0.6 is 0 Å². The number of carbonyl (C=O) groups excluding carboxylic acids is 1. The molecule has 1 aliphatic heterocycles. The minimum absolute atomic E-state index is 0.0589. The van der Waals surface area contributed by atoms with E-state index in [9.17, 15) is 9.00 Å². The lowest BCUT2D eigenvalue weighted by molar-refractivity contribution is -0.118. The van der Waals surface area contributed by atoms with Gasteiger partial charge in [0.25, 0.3) is 0 Å². The molecule has 0 unspecified atom stereocenters. The van der Waals surface area contributed by atoms with E-state index in [0.29, 0.717) is 17.3 Å². The van der Waals surface area contributed by atoms with Crippen molar-refractivity contribution in [3.05, 3.63) is 40.6 Å². The molecule has 23 heavy (non-hydrogen) atoms. The van der Waals surface area contributed by atoms with Gasteiger partial charge in [-0.05, 0) is 25.5 Å². The predicted molar refractivity (Wildman–Crippen MR) is 92.1 cm³/mol. The van der Waals surface area contributed by atoms with Crippen molar-refractivity contribution in [1.82, 2.24) is 9.78 Å². The first kappa shape index (κ1) is 15.9. The van der Waals surface area contributed by atoms with Crippen LogP contribution in [0.3, 0.4) is 0 Å². The van der Waals surface area contributed by atoms with Crippen molar-refractivity contribution in [3.63, 3.8) is 0 Å². The molecule has 0 spiro atoms. The lowest BCUT2D eigenvalue weighted by Gasteiger charge is -2.14. The highest BCUT2D eigenvalue weighted by Crippen LogP contribution is 2.32. The molecule has 122 valence electrons. The van der Waals surface area contributed by atoms with E-state index in [1.54, 1.807) is 4.68 Å². The molecule has 1 aromatic heterocycles. The number of amides is 1. The molecule has 2 heterocycles. The molecule has 2 aromatic rings. The summed E-state index contributed by atoms with van der Waals surface area (Å²) in [5.41, 5.74) is 4.93. The maximum Gasteiger partial charge on any atom is 0.228 e. The Kier molecular flexibility index (Phi) is 4.10. The molecule has 0 saturated heterocycles. The van der Waals surface area contributed by atoms with Gasteiger partial charge in [-0.15, -0.1) is 0 Å². The molecular formula is C17H21N3O2S. The second kappa shape index (κ2) is 5.92. The van der Waals surface area contributed by atoms with Crippen molar-refractivity contribution in [2.75, 3.05) is 5.32 Å². The molecule has 3 rings (SSSR count). The Morgan fingerprint density at radius 1 is 1.30 bits per heavy atom. The SMILES string of the molecule is Cc1ccc(-n2nc3c(c2NC(=O)C(C)C)C[S@@](=O)C3)c(C)c1. The highest BCUT2D eigenvalue weighted by molar-refractivity contribution is 7.83. The highest BCUT2D eigenvalue weighted by atomic mass is 32.2. The molecule has 1 atom stereocenters. The molecule has 6 heteroatoms. The summed E-state index contributed by atoms with van der Waals surface area (Å²) < 4.78 is 13.6. The fourth-order valence-electron chi connectivity index (χ4n) is 2.73. The van der Waals surface area contributed by atoms with E-state index in [0.717, 1.165) is 22.5 Å². The summed E-state index contributed by atoms with van der Waals surface area (Å²) in [5.74, 6) is 1.39. The lowest BCUT2D eigenvalue weighted by Crippen LogP contribution is -2.21. The minimum Gasteiger partial charge on any atom is -0.310 e. The molecule has 1 amide bonds. The summed E-state index contributed by atoms with van der Waals surface area (Å²) in [6, 6.07) is 6.13. The third-order valence-electron chi connectivity index (χ3n) is 4.02. The van der Waals surface area contributed by atoms with Crippen LogP contribution in [0.1, 0.15) is 36.2 Å². The van der Waals surface area contributed by atoms with Gasteiger partial charge in [-0.2, -0.15) is 5.10 Å². The van der Waals surface area contributed by atoms with E-state index in [4.69, 9.17) is 0 Å². The van der Waals surface area contributed by atoms with Crippen LogP contribution in [0.4, 0.5) is 5.82 Å². The molecule has 1 N–H and O–H groups in total. The van der Waals surface area contributed by atoms with E-state index in [1.165, 1.54) is 5.56 Å². The number of hydrogen-bond acceptors (Lipinski definition) is 3. The van der Waals surface area contributed by atoms with Crippen LogP contribution in [0.5, 0.6) is 0 Å². The van der Waals surface area contributed by atoms with E-state index in [-0.39, 0.29) is 11.8 Å². The van der Waals surface area contributed by atoms with Gasteiger partial charge in [0.1, 0.15) is 5.82 Å². The van der Waals surface area contributed by atoms with E-state index < -0.39 is 10.8 Å². The standard InChI is InChI=1S/C17H21N3O2S/c1-10(2)17(21)18-16-13-8-23(22)9-14(13)19-20(16)15-6-5-11(3)7-12(15)4/h5-7,10H,8-9H2,1-4H3,(H,18,21)/t23-/m1/s1. The zero-order valence-electron chi connectivity index (χ0n) is 13.8. The third kappa shape index (κ3) is 2.95. The molecule has 0 radical (unpaired) electrons. The molecular weight excluding hydrogens is 310 g/mol. The van der Waals surface area contributed by atoms with Gasteiger partial charge in [0.05, 0.1) is 22.9 Å². The first-order chi connectivity index (χ1) is 10.9. The molecule has 0 aliphatic carbocycles. The van der Waals surface area contributed by atoms with E-state index in [2.05, 4.69) is 16.5 Å². The van der Waals surface area contributed by atoms with E-state index >= 15 is 0 Å². The Morgan fingerprint density at radius 3 is 2.70 bits per heavy atom. The number of nitrogens with zero attached hydrogens (tertiary/aromatic N) is 2. The Morgan fingerprint density at radius 2 is 2.04 bits per heavy atom. The van der Waals surface area contributed by atoms with Gasteiger partial charge in [0.15, 0.2) is 0 Å². The van der Waals surface area contributed by atoms with Crippen LogP contribution < -0.4 is 5.32 Å². The number of nitrogens with one attached hydrogen (secondary N) is 1. The summed E-state index contributed by atoms with van der Waals surface area (Å²) in [4.78, 5) is 12.2. The van der Waals surface area contributed by atoms with Crippen LogP contribution in [0.2, 0.25) is 0 Å². The maximum absolute atomic E-state index is 12.2. The normalized spacial score (nSPS) is 16.7.